The van der Waals surface area contributed by atoms with Gasteiger partial charge < -0.3 is 12.5 Å². The number of rotatable bonds is 10. The molecule has 1 unspecified atom stereocenters. The standard InChI is InChI=1S/C9H22O3S3Si/c1-5-10-13-8(4)9(16,14-11-6-2)15-12-7-3/h8H,5-7H2,1-4,16H3. The summed E-state index contributed by atoms with van der Waals surface area (Å²) in [7, 11) is 0.973. The normalized spacial score (nSPS) is 14.2. The monoisotopic (exact) mass is 302 g/mol. The van der Waals surface area contributed by atoms with Gasteiger partial charge in [-0.3, -0.25) is 0 Å². The zero-order chi connectivity index (χ0) is 12.4. The Bertz CT molecular complexity index is 166. The fraction of sp³-hybridized carbons (Fsp3) is 1.00. The molecule has 0 saturated carbocycles. The third kappa shape index (κ3) is 6.78. The van der Waals surface area contributed by atoms with Crippen LogP contribution in [0.5, 0.6) is 0 Å². The molecule has 0 aromatic heterocycles. The van der Waals surface area contributed by atoms with Gasteiger partial charge in [-0.1, -0.05) is 0 Å². The molecule has 0 saturated heterocycles. The van der Waals surface area contributed by atoms with Gasteiger partial charge in [0.05, 0.1) is 25.1 Å². The van der Waals surface area contributed by atoms with E-state index < -0.39 is 0 Å². The fourth-order valence-corrected chi connectivity index (χ4v) is 4.12. The third-order valence-corrected chi connectivity index (χ3v) is 7.95. The molecule has 0 bridgehead atoms. The summed E-state index contributed by atoms with van der Waals surface area (Å²) >= 11 is 4.56. The van der Waals surface area contributed by atoms with Gasteiger partial charge in [0.15, 0.2) is 0 Å². The second kappa shape index (κ2) is 10.1. The molecule has 0 aliphatic rings. The van der Waals surface area contributed by atoms with E-state index in [9.17, 15) is 0 Å². The van der Waals surface area contributed by atoms with E-state index in [1.165, 1.54) is 36.1 Å². The summed E-state index contributed by atoms with van der Waals surface area (Å²) in [6, 6.07) is 0. The highest BCUT2D eigenvalue weighted by atomic mass is 32.2. The van der Waals surface area contributed by atoms with Crippen LogP contribution in [0.3, 0.4) is 0 Å². The van der Waals surface area contributed by atoms with Crippen LogP contribution >= 0.6 is 36.1 Å². The van der Waals surface area contributed by atoms with Gasteiger partial charge >= 0.3 is 0 Å². The highest BCUT2D eigenvalue weighted by Gasteiger charge is 2.36. The van der Waals surface area contributed by atoms with Gasteiger partial charge in [0.1, 0.15) is 3.70 Å². The van der Waals surface area contributed by atoms with Crippen LogP contribution in [0.4, 0.5) is 0 Å². The van der Waals surface area contributed by atoms with Gasteiger partial charge in [0.2, 0.25) is 0 Å². The van der Waals surface area contributed by atoms with E-state index in [1.54, 1.807) is 0 Å². The summed E-state index contributed by atoms with van der Waals surface area (Å²) < 4.78 is 16.3. The molecule has 0 aromatic rings. The summed E-state index contributed by atoms with van der Waals surface area (Å²) in [5, 5.41) is 0.340. The molecule has 0 N–H and O–H groups in total. The van der Waals surface area contributed by atoms with Crippen molar-refractivity contribution in [2.24, 2.45) is 0 Å². The first kappa shape index (κ1) is 17.1. The van der Waals surface area contributed by atoms with Gasteiger partial charge in [0.25, 0.3) is 0 Å². The summed E-state index contributed by atoms with van der Waals surface area (Å²) in [5.74, 6) is 0. The minimum Gasteiger partial charge on any atom is -0.315 e. The van der Waals surface area contributed by atoms with E-state index in [0.717, 1.165) is 16.8 Å². The summed E-state index contributed by atoms with van der Waals surface area (Å²) in [6.07, 6.45) is 0. The van der Waals surface area contributed by atoms with E-state index in [0.29, 0.717) is 18.5 Å². The maximum absolute atomic E-state index is 5.48. The number of hydrogen-bond acceptors (Lipinski definition) is 6. The minimum absolute atomic E-state index is 0.0220. The van der Waals surface area contributed by atoms with Crippen molar-refractivity contribution >= 4 is 46.4 Å². The topological polar surface area (TPSA) is 27.7 Å². The summed E-state index contributed by atoms with van der Waals surface area (Å²) in [6.45, 7) is 10.3. The van der Waals surface area contributed by atoms with Crippen molar-refractivity contribution in [1.29, 1.82) is 0 Å². The predicted octanol–water partition coefficient (Wildman–Crippen LogP) is 2.45. The average Bonchev–Trinajstić information content (AvgIpc) is 2.30. The molecule has 0 aliphatic carbocycles. The molecule has 7 heteroatoms. The lowest BCUT2D eigenvalue weighted by Crippen LogP contribution is -2.33. The lowest BCUT2D eigenvalue weighted by molar-refractivity contribution is 0.383. The highest BCUT2D eigenvalue weighted by Crippen LogP contribution is 2.43. The maximum Gasteiger partial charge on any atom is 0.107 e. The molecule has 0 rings (SSSR count). The van der Waals surface area contributed by atoms with E-state index in [4.69, 9.17) is 12.5 Å². The number of hydrogen-bond donors (Lipinski definition) is 0. The van der Waals surface area contributed by atoms with Gasteiger partial charge in [-0.05, 0) is 39.7 Å². The van der Waals surface area contributed by atoms with E-state index >= 15 is 0 Å². The molecule has 0 aromatic carbocycles. The molecule has 0 radical (unpaired) electrons. The molecule has 98 valence electrons. The van der Waals surface area contributed by atoms with Gasteiger partial charge in [-0.2, -0.15) is 0 Å². The first-order chi connectivity index (χ1) is 7.60. The molecular formula is C9H22O3S3Si. The molecule has 16 heavy (non-hydrogen) atoms. The molecule has 0 aliphatic heterocycles. The largest absolute Gasteiger partial charge is 0.315 e. The average molecular weight is 303 g/mol. The SMILES string of the molecule is CCOSC(C)C([SiH3])(SOCC)SOCC. The van der Waals surface area contributed by atoms with Crippen molar-refractivity contribution in [1.82, 2.24) is 0 Å². The Balaban J connectivity index is 4.24. The smallest absolute Gasteiger partial charge is 0.107 e. The highest BCUT2D eigenvalue weighted by molar-refractivity contribution is 8.17. The Labute approximate surface area is 115 Å². The van der Waals surface area contributed by atoms with Gasteiger partial charge in [-0.15, -0.1) is 0 Å². The molecule has 0 fully saturated rings. The maximum atomic E-state index is 5.48. The summed E-state index contributed by atoms with van der Waals surface area (Å²) in [5.41, 5.74) is 0. The van der Waals surface area contributed by atoms with Crippen LogP contribution in [0.25, 0.3) is 0 Å². The van der Waals surface area contributed by atoms with Crippen molar-refractivity contribution < 1.29 is 12.5 Å². The Hall–Kier alpha value is 1.15. The van der Waals surface area contributed by atoms with Crippen LogP contribution in [-0.4, -0.2) is 39.0 Å². The lowest BCUT2D eigenvalue weighted by atomic mass is 10.5. The quantitative estimate of drug-likeness (QED) is 0.350. The second-order valence-corrected chi connectivity index (χ2v) is 10.1. The molecule has 1 atom stereocenters. The molecular weight excluding hydrogens is 280 g/mol. The van der Waals surface area contributed by atoms with Crippen LogP contribution in [-0.2, 0) is 12.5 Å². The Morgan fingerprint density at radius 1 is 1.00 bits per heavy atom. The van der Waals surface area contributed by atoms with Crippen LogP contribution in [0.2, 0.25) is 0 Å². The van der Waals surface area contributed by atoms with E-state index in [2.05, 4.69) is 6.92 Å². The predicted molar refractivity (Wildman–Crippen MR) is 79.8 cm³/mol. The zero-order valence-electron chi connectivity index (χ0n) is 10.6. The molecule has 0 heterocycles. The molecule has 3 nitrogen and oxygen atoms in total. The van der Waals surface area contributed by atoms with Crippen LogP contribution in [0.1, 0.15) is 27.7 Å². The van der Waals surface area contributed by atoms with E-state index in [1.807, 2.05) is 20.8 Å². The van der Waals surface area contributed by atoms with Gasteiger partial charge in [-0.25, -0.2) is 0 Å². The Morgan fingerprint density at radius 2 is 1.44 bits per heavy atom. The first-order valence-electron chi connectivity index (χ1n) is 5.50. The zero-order valence-corrected chi connectivity index (χ0v) is 15.1. The van der Waals surface area contributed by atoms with Gasteiger partial charge in [0, 0.05) is 34.3 Å². The molecule has 0 amide bonds. The van der Waals surface area contributed by atoms with Crippen molar-refractivity contribution in [3.05, 3.63) is 0 Å². The van der Waals surface area contributed by atoms with Crippen LogP contribution < -0.4 is 0 Å². The van der Waals surface area contributed by atoms with Crippen LogP contribution in [0, 0.1) is 0 Å². The van der Waals surface area contributed by atoms with Crippen LogP contribution in [0.15, 0.2) is 0 Å². The fourth-order valence-electron chi connectivity index (χ4n) is 0.759. The lowest BCUT2D eigenvalue weighted by Gasteiger charge is -2.31. The van der Waals surface area contributed by atoms with Crippen molar-refractivity contribution in [2.75, 3.05) is 19.8 Å². The second-order valence-electron chi connectivity index (χ2n) is 3.14. The first-order valence-corrected chi connectivity index (χ1v) is 8.79. The third-order valence-electron chi connectivity index (χ3n) is 1.75. The van der Waals surface area contributed by atoms with Crippen molar-refractivity contribution in [3.8, 4) is 0 Å². The Morgan fingerprint density at radius 3 is 1.81 bits per heavy atom. The minimum atomic E-state index is -0.0220. The summed E-state index contributed by atoms with van der Waals surface area (Å²) in [4.78, 5) is 0. The molecule has 0 spiro atoms. The van der Waals surface area contributed by atoms with Crippen molar-refractivity contribution in [2.45, 2.75) is 36.6 Å². The Kier molecular flexibility index (Phi) is 10.8. The van der Waals surface area contributed by atoms with Crippen molar-refractivity contribution in [3.63, 3.8) is 0 Å². The van der Waals surface area contributed by atoms with E-state index in [-0.39, 0.29) is 3.70 Å².